The summed E-state index contributed by atoms with van der Waals surface area (Å²) in [5, 5.41) is 5.35. The molecule has 2 N–H and O–H groups in total. The van der Waals surface area contributed by atoms with Crippen LogP contribution in [-0.4, -0.2) is 17.9 Å². The Hall–Kier alpha value is -1.78. The highest BCUT2D eigenvalue weighted by molar-refractivity contribution is 5.86. The van der Waals surface area contributed by atoms with Crippen LogP contribution in [0.5, 0.6) is 0 Å². The van der Waals surface area contributed by atoms with E-state index in [0.717, 1.165) is 0 Å². The van der Waals surface area contributed by atoms with Crippen molar-refractivity contribution in [1.29, 1.82) is 0 Å². The molecule has 0 aromatic carbocycles. The summed E-state index contributed by atoms with van der Waals surface area (Å²) in [4.78, 5) is 22.8. The van der Waals surface area contributed by atoms with Gasteiger partial charge in [-0.25, -0.2) is 0 Å². The van der Waals surface area contributed by atoms with Crippen molar-refractivity contribution in [3.8, 4) is 0 Å². The highest BCUT2D eigenvalue weighted by atomic mass is 16.3. The van der Waals surface area contributed by atoms with Gasteiger partial charge in [-0.1, -0.05) is 13.8 Å². The molecule has 94 valence electrons. The summed E-state index contributed by atoms with van der Waals surface area (Å²) in [6, 6.07) is 3.03. The van der Waals surface area contributed by atoms with Crippen LogP contribution in [0.2, 0.25) is 0 Å². The van der Waals surface area contributed by atoms with Gasteiger partial charge in [-0.2, -0.15) is 0 Å². The molecule has 1 atom stereocenters. The van der Waals surface area contributed by atoms with E-state index in [1.165, 1.54) is 6.92 Å². The van der Waals surface area contributed by atoms with E-state index in [0.29, 0.717) is 12.3 Å². The second-order valence-electron chi connectivity index (χ2n) is 4.22. The summed E-state index contributed by atoms with van der Waals surface area (Å²) in [6.45, 7) is 5.49. The molecular formula is C12H18N2O3. The fourth-order valence-corrected chi connectivity index (χ4v) is 1.45. The van der Waals surface area contributed by atoms with Crippen LogP contribution in [-0.2, 0) is 16.1 Å². The minimum atomic E-state index is -0.512. The Balaban J connectivity index is 2.50. The molecule has 0 radical (unpaired) electrons. The maximum atomic E-state index is 11.8. The standard InChI is InChI=1S/C12H18N2O3/c1-8(2)11(14-9(3)15)12(16)13-7-10-5-4-6-17-10/h4-6,8,11H,7H2,1-3H3,(H,13,16)(H,14,15)/t11-/m0/s1. The van der Waals surface area contributed by atoms with E-state index < -0.39 is 6.04 Å². The van der Waals surface area contributed by atoms with Crippen molar-refractivity contribution in [3.63, 3.8) is 0 Å². The lowest BCUT2D eigenvalue weighted by atomic mass is 10.0. The molecule has 0 aliphatic rings. The molecule has 5 nitrogen and oxygen atoms in total. The summed E-state index contributed by atoms with van der Waals surface area (Å²) in [7, 11) is 0. The maximum absolute atomic E-state index is 11.8. The number of rotatable bonds is 5. The predicted octanol–water partition coefficient (Wildman–Crippen LogP) is 1.06. The Morgan fingerprint density at radius 2 is 2.12 bits per heavy atom. The SMILES string of the molecule is CC(=O)N[C@H](C(=O)NCc1ccco1)C(C)C. The molecule has 2 amide bonds. The first-order chi connectivity index (χ1) is 8.00. The molecular weight excluding hydrogens is 220 g/mol. The Morgan fingerprint density at radius 3 is 2.59 bits per heavy atom. The van der Waals surface area contributed by atoms with E-state index in [1.54, 1.807) is 18.4 Å². The summed E-state index contributed by atoms with van der Waals surface area (Å²) in [5.41, 5.74) is 0. The lowest BCUT2D eigenvalue weighted by Gasteiger charge is -2.20. The summed E-state index contributed by atoms with van der Waals surface area (Å²) < 4.78 is 5.10. The lowest BCUT2D eigenvalue weighted by Crippen LogP contribution is -2.48. The first kappa shape index (κ1) is 13.3. The Labute approximate surface area is 101 Å². The van der Waals surface area contributed by atoms with Gasteiger partial charge in [0.15, 0.2) is 0 Å². The first-order valence-electron chi connectivity index (χ1n) is 5.58. The number of hydrogen-bond donors (Lipinski definition) is 2. The third kappa shape index (κ3) is 4.30. The average molecular weight is 238 g/mol. The van der Waals surface area contributed by atoms with Crippen LogP contribution >= 0.6 is 0 Å². The van der Waals surface area contributed by atoms with Crippen LogP contribution in [0.15, 0.2) is 22.8 Å². The van der Waals surface area contributed by atoms with Gasteiger partial charge in [0.2, 0.25) is 11.8 Å². The van der Waals surface area contributed by atoms with Crippen molar-refractivity contribution in [3.05, 3.63) is 24.2 Å². The Morgan fingerprint density at radius 1 is 1.41 bits per heavy atom. The number of carbonyl (C=O) groups is 2. The summed E-state index contributed by atoms with van der Waals surface area (Å²) in [5.74, 6) is 0.308. The molecule has 5 heteroatoms. The monoisotopic (exact) mass is 238 g/mol. The zero-order valence-corrected chi connectivity index (χ0v) is 10.3. The number of amides is 2. The number of furan rings is 1. The fraction of sp³-hybridized carbons (Fsp3) is 0.500. The smallest absolute Gasteiger partial charge is 0.243 e. The maximum Gasteiger partial charge on any atom is 0.243 e. The molecule has 1 rings (SSSR count). The number of carbonyl (C=O) groups excluding carboxylic acids is 2. The quantitative estimate of drug-likeness (QED) is 0.805. The second-order valence-corrected chi connectivity index (χ2v) is 4.22. The van der Waals surface area contributed by atoms with E-state index in [9.17, 15) is 9.59 Å². The molecule has 0 aliphatic heterocycles. The summed E-state index contributed by atoms with van der Waals surface area (Å²) >= 11 is 0. The van der Waals surface area contributed by atoms with Gasteiger partial charge < -0.3 is 15.1 Å². The van der Waals surface area contributed by atoms with E-state index >= 15 is 0 Å². The van der Waals surface area contributed by atoms with Crippen molar-refractivity contribution in [2.24, 2.45) is 5.92 Å². The van der Waals surface area contributed by atoms with E-state index in [4.69, 9.17) is 4.42 Å². The normalized spacial score (nSPS) is 12.2. The van der Waals surface area contributed by atoms with Gasteiger partial charge >= 0.3 is 0 Å². The second kappa shape index (κ2) is 6.08. The fourth-order valence-electron chi connectivity index (χ4n) is 1.45. The van der Waals surface area contributed by atoms with Crippen molar-refractivity contribution in [2.45, 2.75) is 33.4 Å². The molecule has 0 bridgehead atoms. The third-order valence-corrected chi connectivity index (χ3v) is 2.32. The Bertz CT molecular complexity index is 371. The highest BCUT2D eigenvalue weighted by Gasteiger charge is 2.22. The van der Waals surface area contributed by atoms with Gasteiger partial charge in [0.05, 0.1) is 12.8 Å². The molecule has 0 saturated carbocycles. The molecule has 0 aliphatic carbocycles. The van der Waals surface area contributed by atoms with Gasteiger partial charge in [-0.15, -0.1) is 0 Å². The Kier molecular flexibility index (Phi) is 4.75. The van der Waals surface area contributed by atoms with Gasteiger partial charge in [0.1, 0.15) is 11.8 Å². The van der Waals surface area contributed by atoms with E-state index in [-0.39, 0.29) is 17.7 Å². The molecule has 1 aromatic heterocycles. The van der Waals surface area contributed by atoms with E-state index in [2.05, 4.69) is 10.6 Å². The molecule has 1 heterocycles. The minimum Gasteiger partial charge on any atom is -0.467 e. The average Bonchev–Trinajstić information content (AvgIpc) is 2.74. The lowest BCUT2D eigenvalue weighted by molar-refractivity contribution is -0.129. The zero-order valence-electron chi connectivity index (χ0n) is 10.3. The third-order valence-electron chi connectivity index (χ3n) is 2.32. The molecule has 0 saturated heterocycles. The predicted molar refractivity (Wildman–Crippen MR) is 63.0 cm³/mol. The van der Waals surface area contributed by atoms with Crippen LogP contribution in [0.1, 0.15) is 26.5 Å². The van der Waals surface area contributed by atoms with Crippen LogP contribution < -0.4 is 10.6 Å². The van der Waals surface area contributed by atoms with Crippen molar-refractivity contribution >= 4 is 11.8 Å². The summed E-state index contributed by atoms with van der Waals surface area (Å²) in [6.07, 6.45) is 1.55. The van der Waals surface area contributed by atoms with Crippen LogP contribution in [0.3, 0.4) is 0 Å². The zero-order chi connectivity index (χ0) is 12.8. The molecule has 0 fully saturated rings. The van der Waals surface area contributed by atoms with Gasteiger partial charge in [0.25, 0.3) is 0 Å². The highest BCUT2D eigenvalue weighted by Crippen LogP contribution is 2.03. The molecule has 17 heavy (non-hydrogen) atoms. The molecule has 0 spiro atoms. The van der Waals surface area contributed by atoms with Gasteiger partial charge in [-0.3, -0.25) is 9.59 Å². The van der Waals surface area contributed by atoms with Crippen molar-refractivity contribution in [2.75, 3.05) is 0 Å². The number of hydrogen-bond acceptors (Lipinski definition) is 3. The van der Waals surface area contributed by atoms with Gasteiger partial charge in [0, 0.05) is 6.92 Å². The van der Waals surface area contributed by atoms with Crippen LogP contribution in [0.4, 0.5) is 0 Å². The first-order valence-corrected chi connectivity index (χ1v) is 5.58. The number of nitrogens with one attached hydrogen (secondary N) is 2. The minimum absolute atomic E-state index is 0.0375. The van der Waals surface area contributed by atoms with Crippen LogP contribution in [0.25, 0.3) is 0 Å². The topological polar surface area (TPSA) is 71.3 Å². The molecule has 1 aromatic rings. The van der Waals surface area contributed by atoms with E-state index in [1.807, 2.05) is 13.8 Å². The van der Waals surface area contributed by atoms with Crippen LogP contribution in [0, 0.1) is 5.92 Å². The molecule has 0 unspecified atom stereocenters. The van der Waals surface area contributed by atoms with Crippen molar-refractivity contribution in [1.82, 2.24) is 10.6 Å². The largest absolute Gasteiger partial charge is 0.467 e. The van der Waals surface area contributed by atoms with Crippen molar-refractivity contribution < 1.29 is 14.0 Å². The van der Waals surface area contributed by atoms with Gasteiger partial charge in [-0.05, 0) is 18.1 Å².